The Bertz CT molecular complexity index is 1090. The van der Waals surface area contributed by atoms with Gasteiger partial charge in [-0.25, -0.2) is 12.7 Å². The fourth-order valence-electron chi connectivity index (χ4n) is 3.30. The molecule has 1 aliphatic heterocycles. The third-order valence-electron chi connectivity index (χ3n) is 4.85. The molecule has 2 aromatic heterocycles. The van der Waals surface area contributed by atoms with Crippen LogP contribution in [0.5, 0.6) is 5.75 Å². The Kier molecular flexibility index (Phi) is 5.17. The normalized spacial score (nSPS) is 16.9. The number of sulfonamides is 1. The van der Waals surface area contributed by atoms with E-state index in [-0.39, 0.29) is 5.92 Å². The number of methoxy groups -OCH3 is 1. The summed E-state index contributed by atoms with van der Waals surface area (Å²) in [6, 6.07) is 7.80. The maximum Gasteiger partial charge on any atom is 0.234 e. The number of aromatic nitrogens is 4. The summed E-state index contributed by atoms with van der Waals surface area (Å²) in [5, 5.41) is 14.0. The van der Waals surface area contributed by atoms with E-state index in [9.17, 15) is 8.42 Å². The molecule has 3 heterocycles. The highest BCUT2D eigenvalue weighted by molar-refractivity contribution is 7.88. The number of hydrogen-bond acceptors (Lipinski definition) is 7. The third-order valence-corrected chi connectivity index (χ3v) is 7.02. The predicted molar refractivity (Wildman–Crippen MR) is 109 cm³/mol. The van der Waals surface area contributed by atoms with Gasteiger partial charge in [-0.2, -0.15) is 9.61 Å². The van der Waals surface area contributed by atoms with Crippen molar-refractivity contribution in [3.63, 3.8) is 0 Å². The van der Waals surface area contributed by atoms with Crippen LogP contribution < -0.4 is 4.74 Å². The molecule has 1 saturated heterocycles. The van der Waals surface area contributed by atoms with Gasteiger partial charge in [0, 0.05) is 19.0 Å². The van der Waals surface area contributed by atoms with E-state index in [1.807, 2.05) is 36.4 Å². The van der Waals surface area contributed by atoms with Crippen molar-refractivity contribution in [2.24, 2.45) is 0 Å². The Hall–Kier alpha value is -2.30. The van der Waals surface area contributed by atoms with Crippen LogP contribution >= 0.6 is 11.3 Å². The lowest BCUT2D eigenvalue weighted by Gasteiger charge is -2.28. The van der Waals surface area contributed by atoms with Crippen molar-refractivity contribution in [2.75, 3.05) is 26.5 Å². The molecule has 1 aliphatic rings. The van der Waals surface area contributed by atoms with E-state index >= 15 is 0 Å². The standard InChI is InChI=1S/C18H21N5O3S2/c1-26-15-6-3-13(4-7-15)5-8-16-21-23-17(19-20-18(23)27-16)14-9-11-22(12-10-14)28(2,24)25/h3-8,14H,9-12H2,1-2H3. The van der Waals surface area contributed by atoms with Gasteiger partial charge in [0.25, 0.3) is 0 Å². The fraction of sp³-hybridized carbons (Fsp3) is 0.389. The summed E-state index contributed by atoms with van der Waals surface area (Å²) in [6.45, 7) is 1.01. The van der Waals surface area contributed by atoms with Gasteiger partial charge in [-0.1, -0.05) is 29.5 Å². The number of hydrogen-bond donors (Lipinski definition) is 0. The highest BCUT2D eigenvalue weighted by Gasteiger charge is 2.29. The second-order valence-electron chi connectivity index (χ2n) is 6.74. The Balaban J connectivity index is 1.50. The van der Waals surface area contributed by atoms with Crippen molar-refractivity contribution in [3.05, 3.63) is 40.7 Å². The molecule has 148 valence electrons. The minimum atomic E-state index is -3.13. The molecule has 0 radical (unpaired) electrons. The summed E-state index contributed by atoms with van der Waals surface area (Å²) >= 11 is 1.47. The maximum atomic E-state index is 11.7. The van der Waals surface area contributed by atoms with Gasteiger partial charge < -0.3 is 4.74 Å². The zero-order valence-corrected chi connectivity index (χ0v) is 17.3. The second kappa shape index (κ2) is 7.61. The molecular weight excluding hydrogens is 398 g/mol. The number of piperidine rings is 1. The molecule has 4 rings (SSSR count). The van der Waals surface area contributed by atoms with Gasteiger partial charge in [-0.15, -0.1) is 10.2 Å². The molecule has 0 saturated carbocycles. The highest BCUT2D eigenvalue weighted by atomic mass is 32.2. The van der Waals surface area contributed by atoms with E-state index < -0.39 is 10.0 Å². The van der Waals surface area contributed by atoms with Gasteiger partial charge in [-0.3, -0.25) is 0 Å². The van der Waals surface area contributed by atoms with Gasteiger partial charge in [0.2, 0.25) is 15.0 Å². The molecule has 0 unspecified atom stereocenters. The minimum Gasteiger partial charge on any atom is -0.497 e. The van der Waals surface area contributed by atoms with Crippen molar-refractivity contribution in [2.45, 2.75) is 18.8 Å². The predicted octanol–water partition coefficient (Wildman–Crippen LogP) is 2.50. The number of rotatable bonds is 5. The Labute approximate surface area is 167 Å². The average molecular weight is 420 g/mol. The summed E-state index contributed by atoms with van der Waals surface area (Å²) in [5.74, 6) is 1.79. The van der Waals surface area contributed by atoms with Crippen molar-refractivity contribution in [3.8, 4) is 5.75 Å². The van der Waals surface area contributed by atoms with Crippen molar-refractivity contribution in [1.82, 2.24) is 24.1 Å². The Morgan fingerprint density at radius 2 is 1.86 bits per heavy atom. The molecule has 1 fully saturated rings. The molecule has 3 aromatic rings. The van der Waals surface area contributed by atoms with Crippen LogP contribution in [0, 0.1) is 0 Å². The third kappa shape index (κ3) is 3.94. The zero-order chi connectivity index (χ0) is 19.7. The van der Waals surface area contributed by atoms with Crippen molar-refractivity contribution in [1.29, 1.82) is 0 Å². The van der Waals surface area contributed by atoms with Crippen LogP contribution in [-0.2, 0) is 10.0 Å². The maximum absolute atomic E-state index is 11.7. The topological polar surface area (TPSA) is 89.7 Å². The van der Waals surface area contributed by atoms with E-state index in [0.717, 1.165) is 39.9 Å². The lowest BCUT2D eigenvalue weighted by atomic mass is 9.97. The van der Waals surface area contributed by atoms with Gasteiger partial charge >= 0.3 is 0 Å². The SMILES string of the molecule is COc1ccc(C=Cc2nn3c(C4CCN(S(C)(=O)=O)CC4)nnc3s2)cc1. The van der Waals surface area contributed by atoms with Crippen molar-refractivity contribution < 1.29 is 13.2 Å². The molecule has 1 aromatic carbocycles. The number of fused-ring (bicyclic) bond motifs is 1. The van der Waals surface area contributed by atoms with Gasteiger partial charge in [0.15, 0.2) is 5.82 Å². The van der Waals surface area contributed by atoms with E-state index in [2.05, 4.69) is 15.3 Å². The van der Waals surface area contributed by atoms with Crippen LogP contribution in [-0.4, -0.2) is 59.0 Å². The van der Waals surface area contributed by atoms with E-state index in [4.69, 9.17) is 4.74 Å². The average Bonchev–Trinajstić information content (AvgIpc) is 3.26. The van der Waals surface area contributed by atoms with Crippen LogP contribution in [0.1, 0.15) is 35.2 Å². The first-order chi connectivity index (χ1) is 13.4. The first-order valence-corrected chi connectivity index (χ1v) is 11.6. The molecule has 0 N–H and O–H groups in total. The second-order valence-corrected chi connectivity index (χ2v) is 9.71. The molecule has 0 aliphatic carbocycles. The van der Waals surface area contributed by atoms with Gasteiger partial charge in [0.05, 0.1) is 13.4 Å². The molecule has 8 nitrogen and oxygen atoms in total. The quantitative estimate of drug-likeness (QED) is 0.631. The summed E-state index contributed by atoms with van der Waals surface area (Å²) in [5.41, 5.74) is 1.06. The number of nitrogens with zero attached hydrogens (tertiary/aromatic N) is 5. The largest absolute Gasteiger partial charge is 0.497 e. The smallest absolute Gasteiger partial charge is 0.234 e. The Morgan fingerprint density at radius 3 is 2.50 bits per heavy atom. The Morgan fingerprint density at radius 1 is 1.14 bits per heavy atom. The number of ether oxygens (including phenoxy) is 1. The fourth-order valence-corrected chi connectivity index (χ4v) is 4.92. The lowest BCUT2D eigenvalue weighted by molar-refractivity contribution is 0.313. The van der Waals surface area contributed by atoms with E-state index in [1.165, 1.54) is 21.9 Å². The summed E-state index contributed by atoms with van der Waals surface area (Å²) in [4.78, 5) is 0.745. The van der Waals surface area contributed by atoms with Crippen LogP contribution in [0.25, 0.3) is 17.1 Å². The van der Waals surface area contributed by atoms with E-state index in [0.29, 0.717) is 13.1 Å². The van der Waals surface area contributed by atoms with Crippen LogP contribution in [0.3, 0.4) is 0 Å². The minimum absolute atomic E-state index is 0.161. The van der Waals surface area contributed by atoms with Gasteiger partial charge in [-0.05, 0) is 36.6 Å². The zero-order valence-electron chi connectivity index (χ0n) is 15.6. The molecule has 0 atom stereocenters. The van der Waals surface area contributed by atoms with Gasteiger partial charge in [0.1, 0.15) is 10.8 Å². The van der Waals surface area contributed by atoms with Crippen LogP contribution in [0.2, 0.25) is 0 Å². The highest BCUT2D eigenvalue weighted by Crippen LogP contribution is 2.29. The molecule has 10 heteroatoms. The first kappa shape index (κ1) is 19.0. The monoisotopic (exact) mass is 419 g/mol. The molecule has 0 bridgehead atoms. The first-order valence-electron chi connectivity index (χ1n) is 8.93. The summed E-state index contributed by atoms with van der Waals surface area (Å²) in [7, 11) is -1.49. The van der Waals surface area contributed by atoms with Crippen LogP contribution in [0.15, 0.2) is 24.3 Å². The molecular formula is C18H21N5O3S2. The van der Waals surface area contributed by atoms with Crippen molar-refractivity contribution >= 4 is 38.5 Å². The summed E-state index contributed by atoms with van der Waals surface area (Å²) < 4.78 is 31.9. The molecule has 0 amide bonds. The van der Waals surface area contributed by atoms with Crippen LogP contribution in [0.4, 0.5) is 0 Å². The summed E-state index contributed by atoms with van der Waals surface area (Å²) in [6.07, 6.45) is 6.65. The molecule has 28 heavy (non-hydrogen) atoms. The lowest BCUT2D eigenvalue weighted by Crippen LogP contribution is -2.37. The molecule has 0 spiro atoms. The van der Waals surface area contributed by atoms with E-state index in [1.54, 1.807) is 11.6 Å². The number of benzene rings is 1.